The molecule has 6 nitrogen and oxygen atoms in total. The first kappa shape index (κ1) is 15.3. The van der Waals surface area contributed by atoms with Gasteiger partial charge in [0.1, 0.15) is 5.60 Å². The molecule has 0 spiro atoms. The predicted octanol–water partition coefficient (Wildman–Crippen LogP) is 3.64. The summed E-state index contributed by atoms with van der Waals surface area (Å²) in [6.45, 7) is 4.05. The van der Waals surface area contributed by atoms with E-state index >= 15 is 0 Å². The highest BCUT2D eigenvalue weighted by Crippen LogP contribution is 2.42. The molecule has 0 aliphatic heterocycles. The molecule has 0 aromatic heterocycles. The van der Waals surface area contributed by atoms with E-state index in [1.807, 2.05) is 13.8 Å². The van der Waals surface area contributed by atoms with Gasteiger partial charge in [-0.3, -0.25) is 10.1 Å². The van der Waals surface area contributed by atoms with E-state index in [4.69, 9.17) is 9.84 Å². The number of carboxylic acid groups (broad SMARTS) is 1. The van der Waals surface area contributed by atoms with Crippen molar-refractivity contribution < 1.29 is 19.6 Å². The van der Waals surface area contributed by atoms with Crippen LogP contribution in [-0.4, -0.2) is 21.6 Å². The summed E-state index contributed by atoms with van der Waals surface area (Å²) < 4.78 is 6.00. The summed E-state index contributed by atoms with van der Waals surface area (Å²) in [6.07, 6.45) is 3.70. The molecule has 114 valence electrons. The van der Waals surface area contributed by atoms with Gasteiger partial charge in [0.15, 0.2) is 5.75 Å². The van der Waals surface area contributed by atoms with E-state index in [-0.39, 0.29) is 22.9 Å². The summed E-state index contributed by atoms with van der Waals surface area (Å²) in [5, 5.41) is 20.2. The van der Waals surface area contributed by atoms with Crippen LogP contribution in [-0.2, 0) is 0 Å². The molecule has 1 aromatic rings. The van der Waals surface area contributed by atoms with Crippen molar-refractivity contribution in [1.29, 1.82) is 0 Å². The van der Waals surface area contributed by atoms with Crippen molar-refractivity contribution >= 4 is 11.7 Å². The zero-order chi connectivity index (χ0) is 15.6. The highest BCUT2D eigenvalue weighted by molar-refractivity contribution is 5.88. The summed E-state index contributed by atoms with van der Waals surface area (Å²) in [5.74, 6) is -0.872. The number of carboxylic acids is 1. The first-order valence-electron chi connectivity index (χ1n) is 7.06. The van der Waals surface area contributed by atoms with Crippen molar-refractivity contribution in [2.24, 2.45) is 5.92 Å². The number of hydrogen-bond acceptors (Lipinski definition) is 4. The normalized spacial score (nSPS) is 16.9. The zero-order valence-corrected chi connectivity index (χ0v) is 12.2. The fourth-order valence-electron chi connectivity index (χ4n) is 2.87. The molecule has 21 heavy (non-hydrogen) atoms. The first-order chi connectivity index (χ1) is 9.85. The number of benzene rings is 1. The molecule has 0 unspecified atom stereocenters. The van der Waals surface area contributed by atoms with E-state index in [0.29, 0.717) is 0 Å². The van der Waals surface area contributed by atoms with Crippen LogP contribution in [0.25, 0.3) is 0 Å². The Bertz CT molecular complexity index is 561. The van der Waals surface area contributed by atoms with Crippen molar-refractivity contribution in [2.45, 2.75) is 45.1 Å². The van der Waals surface area contributed by atoms with Crippen LogP contribution in [0.2, 0.25) is 0 Å². The molecular formula is C15H19NO5. The Hall–Kier alpha value is -2.11. The average molecular weight is 293 g/mol. The number of hydrogen-bond donors (Lipinski definition) is 1. The first-order valence-corrected chi connectivity index (χ1v) is 7.06. The quantitative estimate of drug-likeness (QED) is 0.661. The van der Waals surface area contributed by atoms with Gasteiger partial charge < -0.3 is 9.84 Å². The third kappa shape index (κ3) is 2.99. The molecule has 1 N–H and O–H groups in total. The lowest BCUT2D eigenvalue weighted by molar-refractivity contribution is -0.386. The van der Waals surface area contributed by atoms with Crippen LogP contribution >= 0.6 is 0 Å². The molecule has 0 bridgehead atoms. The van der Waals surface area contributed by atoms with E-state index in [0.717, 1.165) is 25.7 Å². The van der Waals surface area contributed by atoms with Crippen molar-refractivity contribution in [2.75, 3.05) is 0 Å². The molecule has 0 amide bonds. The van der Waals surface area contributed by atoms with Gasteiger partial charge in [0.2, 0.25) is 0 Å². The van der Waals surface area contributed by atoms with E-state index in [9.17, 15) is 14.9 Å². The van der Waals surface area contributed by atoms with Crippen LogP contribution in [0.15, 0.2) is 18.2 Å². The van der Waals surface area contributed by atoms with Gasteiger partial charge in [-0.1, -0.05) is 13.8 Å². The molecule has 6 heteroatoms. The Kier molecular flexibility index (Phi) is 4.16. The Labute approximate surface area is 122 Å². The topological polar surface area (TPSA) is 89.7 Å². The van der Waals surface area contributed by atoms with Crippen LogP contribution in [0.4, 0.5) is 5.69 Å². The predicted molar refractivity (Wildman–Crippen MR) is 76.7 cm³/mol. The van der Waals surface area contributed by atoms with Crippen LogP contribution in [0.3, 0.4) is 0 Å². The molecule has 0 saturated heterocycles. The van der Waals surface area contributed by atoms with Gasteiger partial charge in [-0.25, -0.2) is 4.79 Å². The third-order valence-corrected chi connectivity index (χ3v) is 4.22. The fraction of sp³-hybridized carbons (Fsp3) is 0.533. The van der Waals surface area contributed by atoms with Crippen LogP contribution < -0.4 is 4.74 Å². The SMILES string of the molecule is CC(C)C1(Oc2cc(C(=O)O)ccc2[N+](=O)[O-])CCCC1. The van der Waals surface area contributed by atoms with Crippen LogP contribution in [0.5, 0.6) is 5.75 Å². The lowest BCUT2D eigenvalue weighted by Gasteiger charge is -2.34. The highest BCUT2D eigenvalue weighted by atomic mass is 16.6. The molecule has 1 saturated carbocycles. The summed E-state index contributed by atoms with van der Waals surface area (Å²) in [6, 6.07) is 3.68. The third-order valence-electron chi connectivity index (χ3n) is 4.22. The van der Waals surface area contributed by atoms with Crippen LogP contribution in [0, 0.1) is 16.0 Å². The van der Waals surface area contributed by atoms with Crippen molar-refractivity contribution in [3.8, 4) is 5.75 Å². The van der Waals surface area contributed by atoms with Crippen molar-refractivity contribution in [3.05, 3.63) is 33.9 Å². The smallest absolute Gasteiger partial charge is 0.335 e. The minimum absolute atomic E-state index is 0.00694. The number of nitrogens with zero attached hydrogens (tertiary/aromatic N) is 1. The fourth-order valence-corrected chi connectivity index (χ4v) is 2.87. The number of carbonyl (C=O) groups is 1. The second-order valence-electron chi connectivity index (χ2n) is 5.77. The van der Waals surface area contributed by atoms with Gasteiger partial charge in [0.05, 0.1) is 10.5 Å². The Morgan fingerprint density at radius 2 is 2.00 bits per heavy atom. The van der Waals surface area contributed by atoms with Gasteiger partial charge in [-0.2, -0.15) is 0 Å². The lowest BCUT2D eigenvalue weighted by atomic mass is 9.88. The van der Waals surface area contributed by atoms with Crippen LogP contribution in [0.1, 0.15) is 49.9 Å². The van der Waals surface area contributed by atoms with Gasteiger partial charge in [0, 0.05) is 12.1 Å². The summed E-state index contributed by atoms with van der Waals surface area (Å²) in [4.78, 5) is 21.7. The van der Waals surface area contributed by atoms with Gasteiger partial charge in [0.25, 0.3) is 0 Å². The minimum Gasteiger partial charge on any atom is -0.480 e. The monoisotopic (exact) mass is 293 g/mol. The largest absolute Gasteiger partial charge is 0.480 e. The second-order valence-corrected chi connectivity index (χ2v) is 5.77. The number of nitro benzene ring substituents is 1. The maximum atomic E-state index is 11.1. The van der Waals surface area contributed by atoms with E-state index in [1.54, 1.807) is 0 Å². The van der Waals surface area contributed by atoms with Crippen molar-refractivity contribution in [1.82, 2.24) is 0 Å². The Morgan fingerprint density at radius 1 is 1.38 bits per heavy atom. The van der Waals surface area contributed by atoms with Gasteiger partial charge >= 0.3 is 11.7 Å². The van der Waals surface area contributed by atoms with E-state index < -0.39 is 16.5 Å². The molecule has 0 heterocycles. The number of nitro groups is 1. The molecule has 2 rings (SSSR count). The second kappa shape index (κ2) is 5.71. The maximum absolute atomic E-state index is 11.1. The number of rotatable bonds is 5. The summed E-state index contributed by atoms with van der Waals surface area (Å²) in [7, 11) is 0. The van der Waals surface area contributed by atoms with E-state index in [2.05, 4.69) is 0 Å². The maximum Gasteiger partial charge on any atom is 0.335 e. The summed E-state index contributed by atoms with van der Waals surface area (Å²) >= 11 is 0. The molecular weight excluding hydrogens is 274 g/mol. The number of ether oxygens (including phenoxy) is 1. The Balaban J connectivity index is 2.43. The van der Waals surface area contributed by atoms with Gasteiger partial charge in [-0.15, -0.1) is 0 Å². The van der Waals surface area contributed by atoms with Gasteiger partial charge in [-0.05, 0) is 37.7 Å². The standard InChI is InChI=1S/C15H19NO5/c1-10(2)15(7-3-4-8-15)21-13-9-11(14(17)18)5-6-12(13)16(19)20/h5-6,9-10H,3-4,7-8H2,1-2H3,(H,17,18). The minimum atomic E-state index is -1.13. The lowest BCUT2D eigenvalue weighted by Crippen LogP contribution is -2.38. The molecule has 0 atom stereocenters. The summed E-state index contributed by atoms with van der Waals surface area (Å²) in [5.41, 5.74) is -0.638. The molecule has 1 aliphatic carbocycles. The molecule has 1 aromatic carbocycles. The van der Waals surface area contributed by atoms with E-state index in [1.165, 1.54) is 18.2 Å². The van der Waals surface area contributed by atoms with Crippen molar-refractivity contribution in [3.63, 3.8) is 0 Å². The highest BCUT2D eigenvalue weighted by Gasteiger charge is 2.40. The Morgan fingerprint density at radius 3 is 2.48 bits per heavy atom. The molecule has 1 fully saturated rings. The average Bonchev–Trinajstić information content (AvgIpc) is 2.88. The molecule has 1 aliphatic rings. The zero-order valence-electron chi connectivity index (χ0n) is 12.2. The molecule has 0 radical (unpaired) electrons. The number of aromatic carboxylic acids is 1.